The summed E-state index contributed by atoms with van der Waals surface area (Å²) in [6.07, 6.45) is -0.232. The van der Waals surface area contributed by atoms with Crippen LogP contribution in [0.5, 0.6) is 0 Å². The standard InChI is InChI=1S/C47H79N7O12/c1-13-38-47(8,59)42(57)31(4)39(49-63-25-24-51(9)10)29(2)27-46(7,62-12)43(32(5)40(55)33(6)44(58)65-38)66-45-41(56)37(26-30(3)64-45)52(11)23-21-35-28-53(50-48-35)22-15-14-16-34-17-19-36(20-18-34)54(60)61/h17-20,28-33,37-39,41-43,45,49,56-57,59H,13-16,21-27H2,1-12H3/t29-,30-,31-,32+,33-,37+,38-,39-,41-,42+,43-,45+,46-,47?/m1/s1. The number of unbranched alkanes of at least 4 members (excludes halogenated alkanes) is 1. The maximum Gasteiger partial charge on any atom is 0.316 e. The fourth-order valence-electron chi connectivity index (χ4n) is 9.56. The average molecular weight is 934 g/mol. The number of nitrogens with one attached hydrogen (secondary N) is 1. The van der Waals surface area contributed by atoms with Crippen LogP contribution in [0.2, 0.25) is 0 Å². The number of aliphatic hydroxyl groups excluding tert-OH is 2. The van der Waals surface area contributed by atoms with Crippen LogP contribution < -0.4 is 5.48 Å². The Morgan fingerprint density at radius 2 is 1.71 bits per heavy atom. The molecule has 0 saturated carbocycles. The van der Waals surface area contributed by atoms with Crippen molar-refractivity contribution in [2.45, 2.75) is 167 Å². The number of aryl methyl sites for hydroxylation is 2. The molecule has 2 aliphatic heterocycles. The van der Waals surface area contributed by atoms with E-state index in [0.717, 1.165) is 30.5 Å². The van der Waals surface area contributed by atoms with Crippen molar-refractivity contribution >= 4 is 17.4 Å². The highest BCUT2D eigenvalue weighted by Gasteiger charge is 2.52. The zero-order chi connectivity index (χ0) is 49.1. The van der Waals surface area contributed by atoms with Gasteiger partial charge in [0.2, 0.25) is 0 Å². The highest BCUT2D eigenvalue weighted by molar-refractivity contribution is 6.00. The molecule has 3 heterocycles. The number of hydrogen-bond acceptors (Lipinski definition) is 17. The fourth-order valence-corrected chi connectivity index (χ4v) is 9.56. The topological polar surface area (TPSA) is 233 Å². The van der Waals surface area contributed by atoms with Crippen LogP contribution in [0.4, 0.5) is 5.69 Å². The van der Waals surface area contributed by atoms with Crippen molar-refractivity contribution in [1.29, 1.82) is 0 Å². The lowest BCUT2D eigenvalue weighted by atomic mass is 9.72. The molecule has 1 aromatic heterocycles. The van der Waals surface area contributed by atoms with E-state index < -0.39 is 88.4 Å². The number of cyclic esters (lactones) is 1. The van der Waals surface area contributed by atoms with Gasteiger partial charge in [-0.3, -0.25) is 24.4 Å². The Labute approximate surface area is 390 Å². The first-order valence-corrected chi connectivity index (χ1v) is 23.6. The van der Waals surface area contributed by atoms with Crippen LogP contribution in [0.3, 0.4) is 0 Å². The van der Waals surface area contributed by atoms with E-state index in [4.69, 9.17) is 23.8 Å². The number of likely N-dealkylation sites (N-methyl/N-ethyl adjacent to an activating group) is 2. The maximum atomic E-state index is 14.4. The second-order valence-electron chi connectivity index (χ2n) is 19.5. The third-order valence-electron chi connectivity index (χ3n) is 13.9. The van der Waals surface area contributed by atoms with E-state index >= 15 is 0 Å². The van der Waals surface area contributed by atoms with Gasteiger partial charge in [-0.05, 0) is 98.8 Å². The smallest absolute Gasteiger partial charge is 0.316 e. The number of ether oxygens (including phenoxy) is 4. The number of nitrogens with zero attached hydrogens (tertiary/aromatic N) is 6. The number of carbonyl (C=O) groups is 2. The molecule has 19 nitrogen and oxygen atoms in total. The molecule has 19 heteroatoms. The van der Waals surface area contributed by atoms with Crippen molar-refractivity contribution < 1.29 is 53.6 Å². The van der Waals surface area contributed by atoms with Crippen LogP contribution in [0.25, 0.3) is 0 Å². The summed E-state index contributed by atoms with van der Waals surface area (Å²) < 4.78 is 27.1. The third-order valence-corrected chi connectivity index (χ3v) is 13.9. The van der Waals surface area contributed by atoms with Gasteiger partial charge in [0.1, 0.15) is 23.7 Å². The quantitative estimate of drug-likeness (QED) is 0.0517. The summed E-state index contributed by atoms with van der Waals surface area (Å²) in [6.45, 7) is 16.0. The molecule has 0 aliphatic carbocycles. The predicted molar refractivity (Wildman–Crippen MR) is 246 cm³/mol. The Kier molecular flexibility index (Phi) is 20.6. The molecular formula is C47H79N7O12. The molecule has 0 bridgehead atoms. The molecule has 1 unspecified atom stereocenters. The van der Waals surface area contributed by atoms with E-state index in [9.17, 15) is 35.0 Å². The van der Waals surface area contributed by atoms with Gasteiger partial charge in [0.15, 0.2) is 12.1 Å². The van der Waals surface area contributed by atoms with E-state index in [1.165, 1.54) is 33.1 Å². The van der Waals surface area contributed by atoms with Crippen LogP contribution in [-0.4, -0.2) is 165 Å². The minimum absolute atomic E-state index is 0.0780. The van der Waals surface area contributed by atoms with Gasteiger partial charge in [-0.2, -0.15) is 5.48 Å². The number of hydrogen-bond donors (Lipinski definition) is 4. The lowest BCUT2D eigenvalue weighted by Gasteiger charge is -2.48. The minimum atomic E-state index is -1.88. The number of esters is 1. The van der Waals surface area contributed by atoms with Gasteiger partial charge in [0.05, 0.1) is 41.1 Å². The number of non-ortho nitro benzene ring substituents is 1. The first-order chi connectivity index (χ1) is 31.0. The first kappa shape index (κ1) is 55.1. The van der Waals surface area contributed by atoms with E-state index in [2.05, 4.69) is 20.7 Å². The number of Topliss-reactive ketones (excluding diaryl/α,β-unsaturated/α-hetero) is 1. The third kappa shape index (κ3) is 14.3. The second kappa shape index (κ2) is 24.7. The molecule has 2 saturated heterocycles. The maximum absolute atomic E-state index is 14.4. The van der Waals surface area contributed by atoms with Crippen LogP contribution in [0.15, 0.2) is 30.5 Å². The van der Waals surface area contributed by atoms with E-state index in [1.807, 2.05) is 57.7 Å². The summed E-state index contributed by atoms with van der Waals surface area (Å²) in [5.41, 5.74) is 1.98. The van der Waals surface area contributed by atoms with Crippen LogP contribution in [0, 0.1) is 33.8 Å². The normalized spacial score (nSPS) is 34.1. The fraction of sp³-hybridized carbons (Fsp3) is 0.787. The Morgan fingerprint density at radius 3 is 2.33 bits per heavy atom. The van der Waals surface area contributed by atoms with Gasteiger partial charge in [-0.1, -0.05) is 45.0 Å². The van der Waals surface area contributed by atoms with E-state index in [1.54, 1.807) is 32.9 Å². The molecule has 4 rings (SSSR count). The Bertz CT molecular complexity index is 1830. The molecule has 0 amide bonds. The Morgan fingerprint density at radius 1 is 1.03 bits per heavy atom. The lowest BCUT2D eigenvalue weighted by Crippen LogP contribution is -2.61. The second-order valence-corrected chi connectivity index (χ2v) is 19.5. The Hall–Kier alpha value is -3.50. The zero-order valence-corrected chi connectivity index (χ0v) is 41.3. The molecule has 1 aromatic carbocycles. The summed E-state index contributed by atoms with van der Waals surface area (Å²) in [7, 11) is 7.32. The highest BCUT2D eigenvalue weighted by atomic mass is 16.7. The molecule has 0 radical (unpaired) electrons. The summed E-state index contributed by atoms with van der Waals surface area (Å²) >= 11 is 0. The minimum Gasteiger partial charge on any atom is -0.459 e. The zero-order valence-electron chi connectivity index (χ0n) is 41.3. The summed E-state index contributed by atoms with van der Waals surface area (Å²) in [6, 6.07) is 5.65. The van der Waals surface area contributed by atoms with Crippen molar-refractivity contribution in [1.82, 2.24) is 30.3 Å². The molecule has 2 aliphatic rings. The number of aliphatic hydroxyl groups is 3. The van der Waals surface area contributed by atoms with Crippen molar-refractivity contribution in [3.8, 4) is 0 Å². The van der Waals surface area contributed by atoms with Crippen molar-refractivity contribution in [2.24, 2.45) is 23.7 Å². The molecule has 374 valence electrons. The predicted octanol–water partition coefficient (Wildman–Crippen LogP) is 3.74. The summed E-state index contributed by atoms with van der Waals surface area (Å²) in [4.78, 5) is 48.7. The average Bonchev–Trinajstić information content (AvgIpc) is 3.74. The van der Waals surface area contributed by atoms with E-state index in [0.29, 0.717) is 39.1 Å². The van der Waals surface area contributed by atoms with Gasteiger partial charge in [-0.25, -0.2) is 0 Å². The molecule has 0 spiro atoms. The van der Waals surface area contributed by atoms with Crippen molar-refractivity contribution in [3.05, 3.63) is 51.8 Å². The number of hydroxylamine groups is 1. The van der Waals surface area contributed by atoms with Gasteiger partial charge < -0.3 is 48.9 Å². The number of nitro benzene ring substituents is 1. The monoisotopic (exact) mass is 934 g/mol. The van der Waals surface area contributed by atoms with Gasteiger partial charge in [0, 0.05) is 75.4 Å². The van der Waals surface area contributed by atoms with Crippen LogP contribution in [0.1, 0.15) is 98.8 Å². The summed E-state index contributed by atoms with van der Waals surface area (Å²) in [5.74, 6) is -4.52. The first-order valence-electron chi connectivity index (χ1n) is 23.6. The highest BCUT2D eigenvalue weighted by Crippen LogP contribution is 2.39. The Balaban J connectivity index is 1.52. The largest absolute Gasteiger partial charge is 0.459 e. The number of aromatic nitrogens is 3. The number of ketones is 1. The number of benzene rings is 1. The van der Waals surface area contributed by atoms with Crippen LogP contribution in [-0.2, 0) is 52.8 Å². The van der Waals surface area contributed by atoms with Gasteiger partial charge in [0.25, 0.3) is 5.69 Å². The van der Waals surface area contributed by atoms with Crippen LogP contribution >= 0.6 is 0 Å². The number of carbonyl (C=O) groups excluding carboxylic acids is 2. The number of methoxy groups -OCH3 is 1. The van der Waals surface area contributed by atoms with E-state index in [-0.39, 0.29) is 30.6 Å². The van der Waals surface area contributed by atoms with Gasteiger partial charge in [-0.15, -0.1) is 5.10 Å². The molecule has 14 atom stereocenters. The van der Waals surface area contributed by atoms with Crippen molar-refractivity contribution in [2.75, 3.05) is 47.9 Å². The molecule has 2 aromatic rings. The molecular weight excluding hydrogens is 855 g/mol. The molecule has 66 heavy (non-hydrogen) atoms. The lowest BCUT2D eigenvalue weighted by molar-refractivity contribution is -0.384. The molecule has 2 fully saturated rings. The van der Waals surface area contributed by atoms with Crippen molar-refractivity contribution in [3.63, 3.8) is 0 Å². The number of rotatable bonds is 19. The summed E-state index contributed by atoms with van der Waals surface area (Å²) in [5, 5.41) is 55.3. The SMILES string of the molecule is CC[C@H]1OC(=O)[C@H](C)C(=O)[C@H](C)[C@@H](O[C@@H]2O[C@H](C)C[C@H](N(C)CCc3cn(CCCCc4ccc([N+](=O)[O-])cc4)nn3)[C@H]2O)[C@](C)(OC)C[C@@H](C)[C@@H](NOCCN(C)C)[C@@H](C)[C@H](O)C1(C)O. The number of nitro groups is 1. The van der Waals surface area contributed by atoms with Gasteiger partial charge >= 0.3 is 5.97 Å². The molecule has 4 N–H and O–H groups in total.